The lowest BCUT2D eigenvalue weighted by Crippen LogP contribution is -2.47. The van der Waals surface area contributed by atoms with E-state index in [4.69, 9.17) is 4.43 Å². The van der Waals surface area contributed by atoms with Crippen LogP contribution in [0.3, 0.4) is 0 Å². The lowest BCUT2D eigenvalue weighted by molar-refractivity contribution is -0.113. The van der Waals surface area contributed by atoms with Gasteiger partial charge in [-0.1, -0.05) is 60.1 Å². The Morgan fingerprint density at radius 3 is 2.29 bits per heavy atom. The van der Waals surface area contributed by atoms with Crippen LogP contribution >= 0.6 is 0 Å². The van der Waals surface area contributed by atoms with E-state index in [0.717, 1.165) is 36.9 Å². The molecular formula is C21H36O2Si. The van der Waals surface area contributed by atoms with Gasteiger partial charge in [0, 0.05) is 17.8 Å². The van der Waals surface area contributed by atoms with Crippen LogP contribution in [0.1, 0.15) is 67.2 Å². The summed E-state index contributed by atoms with van der Waals surface area (Å²) < 4.78 is 6.82. The quantitative estimate of drug-likeness (QED) is 0.342. The third-order valence-corrected chi connectivity index (χ3v) is 11.2. The van der Waals surface area contributed by atoms with Crippen LogP contribution in [0.25, 0.3) is 0 Å². The Morgan fingerprint density at radius 2 is 1.79 bits per heavy atom. The van der Waals surface area contributed by atoms with Crippen molar-refractivity contribution in [2.75, 3.05) is 0 Å². The zero-order chi connectivity index (χ0) is 18.6. The van der Waals surface area contributed by atoms with Crippen molar-refractivity contribution in [1.82, 2.24) is 0 Å². The Hall–Kier alpha value is -0.833. The standard InChI is InChI=1S/C21H36O2Si/c1-15-13-17(23-24(8,9)19(2,3)4)18-20(5,6)11-10-12-21(18,7)16(15)14-22/h14,16H,1,10-13H2,2-9H3/t16-,21+/m0/s1. The predicted molar refractivity (Wildman–Crippen MR) is 104 cm³/mol. The van der Waals surface area contributed by atoms with Crippen LogP contribution in [-0.4, -0.2) is 14.6 Å². The molecular weight excluding hydrogens is 312 g/mol. The average Bonchev–Trinajstić information content (AvgIpc) is 2.34. The van der Waals surface area contributed by atoms with Crippen molar-refractivity contribution in [3.63, 3.8) is 0 Å². The molecule has 0 aromatic heterocycles. The van der Waals surface area contributed by atoms with E-state index < -0.39 is 8.32 Å². The predicted octanol–water partition coefficient (Wildman–Crippen LogP) is 6.25. The van der Waals surface area contributed by atoms with E-state index in [1.54, 1.807) is 0 Å². The average molecular weight is 349 g/mol. The summed E-state index contributed by atoms with van der Waals surface area (Å²) in [4.78, 5) is 11.9. The molecule has 0 heterocycles. The first-order valence-corrected chi connectivity index (χ1v) is 12.2. The second-order valence-corrected chi connectivity index (χ2v) is 15.0. The van der Waals surface area contributed by atoms with Crippen molar-refractivity contribution >= 4 is 14.6 Å². The van der Waals surface area contributed by atoms with Gasteiger partial charge in [0.15, 0.2) is 0 Å². The number of carbonyl (C=O) groups excluding carboxylic acids is 1. The van der Waals surface area contributed by atoms with Gasteiger partial charge in [-0.15, -0.1) is 0 Å². The summed E-state index contributed by atoms with van der Waals surface area (Å²) in [7, 11) is -1.91. The van der Waals surface area contributed by atoms with Crippen LogP contribution in [0, 0.1) is 16.7 Å². The lowest BCUT2D eigenvalue weighted by atomic mass is 9.52. The van der Waals surface area contributed by atoms with Crippen LogP contribution in [-0.2, 0) is 9.22 Å². The second kappa shape index (κ2) is 5.86. The Bertz CT molecular complexity index is 577. The number of carbonyl (C=O) groups is 1. The summed E-state index contributed by atoms with van der Waals surface area (Å²) in [5.74, 6) is 1.07. The number of rotatable bonds is 3. The molecule has 0 radical (unpaired) electrons. The molecule has 2 aliphatic rings. The summed E-state index contributed by atoms with van der Waals surface area (Å²) in [6.45, 7) is 22.6. The minimum Gasteiger partial charge on any atom is -0.546 e. The van der Waals surface area contributed by atoms with Gasteiger partial charge in [0.05, 0.1) is 5.76 Å². The van der Waals surface area contributed by atoms with Gasteiger partial charge in [-0.2, -0.15) is 0 Å². The summed E-state index contributed by atoms with van der Waals surface area (Å²) in [5.41, 5.74) is 2.39. The Morgan fingerprint density at radius 1 is 1.21 bits per heavy atom. The maximum absolute atomic E-state index is 11.9. The van der Waals surface area contributed by atoms with Crippen LogP contribution in [0.15, 0.2) is 23.5 Å². The fourth-order valence-electron chi connectivity index (χ4n) is 4.58. The number of hydrogen-bond acceptors (Lipinski definition) is 2. The molecule has 24 heavy (non-hydrogen) atoms. The van der Waals surface area contributed by atoms with Gasteiger partial charge in [-0.25, -0.2) is 0 Å². The lowest BCUT2D eigenvalue weighted by Gasteiger charge is -2.53. The molecule has 0 aromatic rings. The largest absolute Gasteiger partial charge is 0.546 e. The van der Waals surface area contributed by atoms with Gasteiger partial charge in [0.25, 0.3) is 0 Å². The highest BCUT2D eigenvalue weighted by Gasteiger charge is 2.52. The van der Waals surface area contributed by atoms with Crippen molar-refractivity contribution in [1.29, 1.82) is 0 Å². The third-order valence-electron chi connectivity index (χ3n) is 6.86. The van der Waals surface area contributed by atoms with Crippen LogP contribution < -0.4 is 0 Å². The molecule has 2 rings (SSSR count). The molecule has 0 bridgehead atoms. The number of allylic oxidation sites excluding steroid dienone is 2. The molecule has 0 saturated heterocycles. The molecule has 2 atom stereocenters. The van der Waals surface area contributed by atoms with Gasteiger partial charge in [-0.05, 0) is 42.0 Å². The molecule has 0 unspecified atom stereocenters. The molecule has 1 saturated carbocycles. The second-order valence-electron chi connectivity index (χ2n) is 10.3. The smallest absolute Gasteiger partial charge is 0.250 e. The van der Waals surface area contributed by atoms with E-state index in [1.165, 1.54) is 12.0 Å². The highest BCUT2D eigenvalue weighted by molar-refractivity contribution is 6.74. The molecule has 1 fully saturated rings. The molecule has 2 nitrogen and oxygen atoms in total. The fourth-order valence-corrected chi connectivity index (χ4v) is 5.67. The summed E-state index contributed by atoms with van der Waals surface area (Å²) in [5, 5.41) is 0.165. The maximum Gasteiger partial charge on any atom is 0.250 e. The highest BCUT2D eigenvalue weighted by Crippen LogP contribution is 2.60. The highest BCUT2D eigenvalue weighted by atomic mass is 28.4. The van der Waals surface area contributed by atoms with E-state index in [9.17, 15) is 4.79 Å². The van der Waals surface area contributed by atoms with E-state index >= 15 is 0 Å². The minimum atomic E-state index is -1.91. The van der Waals surface area contributed by atoms with Gasteiger partial charge in [-0.3, -0.25) is 0 Å². The minimum absolute atomic E-state index is 0.0705. The van der Waals surface area contributed by atoms with Crippen LogP contribution in [0.2, 0.25) is 18.1 Å². The van der Waals surface area contributed by atoms with E-state index in [0.29, 0.717) is 0 Å². The summed E-state index contributed by atoms with van der Waals surface area (Å²) in [6, 6.07) is 0. The molecule has 0 amide bonds. The number of fused-ring (bicyclic) bond motifs is 1. The molecule has 0 spiro atoms. The van der Waals surface area contributed by atoms with E-state index in [1.807, 2.05) is 0 Å². The zero-order valence-electron chi connectivity index (χ0n) is 17.0. The maximum atomic E-state index is 11.9. The molecule has 0 aliphatic heterocycles. The summed E-state index contributed by atoms with van der Waals surface area (Å²) in [6.07, 6.45) is 5.24. The first kappa shape index (κ1) is 19.5. The van der Waals surface area contributed by atoms with Gasteiger partial charge in [0.2, 0.25) is 8.32 Å². The number of hydrogen-bond donors (Lipinski definition) is 0. The monoisotopic (exact) mass is 348 g/mol. The third kappa shape index (κ3) is 3.05. The normalized spacial score (nSPS) is 30.8. The van der Waals surface area contributed by atoms with Crippen molar-refractivity contribution in [2.24, 2.45) is 16.7 Å². The molecule has 3 heteroatoms. The van der Waals surface area contributed by atoms with E-state index in [2.05, 4.69) is 61.2 Å². The fraction of sp³-hybridized carbons (Fsp3) is 0.762. The van der Waals surface area contributed by atoms with Gasteiger partial charge < -0.3 is 9.22 Å². The topological polar surface area (TPSA) is 26.3 Å². The number of aldehydes is 1. The zero-order valence-corrected chi connectivity index (χ0v) is 18.0. The van der Waals surface area contributed by atoms with Crippen molar-refractivity contribution in [3.8, 4) is 0 Å². The SMILES string of the molecule is C=C1CC(O[Si](C)(C)C(C)(C)C)=C2C(C)(C)CCC[C@]2(C)[C@H]1C=O. The van der Waals surface area contributed by atoms with Crippen LogP contribution in [0.4, 0.5) is 0 Å². The van der Waals surface area contributed by atoms with Gasteiger partial charge in [0.1, 0.15) is 6.29 Å². The van der Waals surface area contributed by atoms with Crippen LogP contribution in [0.5, 0.6) is 0 Å². The first-order valence-electron chi connectivity index (χ1n) is 9.32. The Labute approximate surface area is 149 Å². The molecule has 136 valence electrons. The van der Waals surface area contributed by atoms with Crippen molar-refractivity contribution in [3.05, 3.63) is 23.5 Å². The van der Waals surface area contributed by atoms with Gasteiger partial charge >= 0.3 is 0 Å². The molecule has 0 N–H and O–H groups in total. The molecule has 2 aliphatic carbocycles. The van der Waals surface area contributed by atoms with Crippen molar-refractivity contribution < 1.29 is 9.22 Å². The molecule has 0 aromatic carbocycles. The Balaban J connectivity index is 2.61. The summed E-state index contributed by atoms with van der Waals surface area (Å²) >= 11 is 0. The van der Waals surface area contributed by atoms with Crippen molar-refractivity contribution in [2.45, 2.75) is 85.4 Å². The Kier molecular flexibility index (Phi) is 4.76. The first-order chi connectivity index (χ1) is 10.8. The van der Waals surface area contributed by atoms with E-state index in [-0.39, 0.29) is 21.8 Å².